The molecule has 0 radical (unpaired) electrons. The highest BCUT2D eigenvalue weighted by Crippen LogP contribution is 2.29. The molecular formula is C13H9ClF3N5. The summed E-state index contributed by atoms with van der Waals surface area (Å²) in [6.07, 6.45) is -1.86. The van der Waals surface area contributed by atoms with Crippen molar-refractivity contribution >= 4 is 22.8 Å². The van der Waals surface area contributed by atoms with Crippen molar-refractivity contribution in [2.24, 2.45) is 0 Å². The molecule has 0 aliphatic rings. The third-order valence-corrected chi connectivity index (χ3v) is 3.27. The fourth-order valence-corrected chi connectivity index (χ4v) is 2.24. The number of aryl methyl sites for hydroxylation is 1. The van der Waals surface area contributed by atoms with E-state index in [4.69, 9.17) is 11.6 Å². The van der Waals surface area contributed by atoms with Crippen molar-refractivity contribution in [3.63, 3.8) is 0 Å². The van der Waals surface area contributed by atoms with Gasteiger partial charge in [-0.1, -0.05) is 0 Å². The molecule has 3 aromatic heterocycles. The van der Waals surface area contributed by atoms with Crippen LogP contribution in [0.4, 0.5) is 13.2 Å². The molecule has 0 saturated heterocycles. The molecule has 0 spiro atoms. The summed E-state index contributed by atoms with van der Waals surface area (Å²) in [6.45, 7) is 2.40. The molecule has 3 heterocycles. The third-order valence-electron chi connectivity index (χ3n) is 3.09. The molecule has 3 aromatic rings. The van der Waals surface area contributed by atoms with Gasteiger partial charge in [0.15, 0.2) is 5.65 Å². The number of halogens is 4. The molecule has 0 N–H and O–H groups in total. The Morgan fingerprint density at radius 3 is 2.50 bits per heavy atom. The highest BCUT2D eigenvalue weighted by molar-refractivity contribution is 6.28. The predicted octanol–water partition coefficient (Wildman–Crippen LogP) is 3.58. The Kier molecular flexibility index (Phi) is 3.48. The number of hydrogen-bond acceptors (Lipinski definition) is 4. The average Bonchev–Trinajstić information content (AvgIpc) is 2.84. The Hall–Kier alpha value is -2.22. The van der Waals surface area contributed by atoms with Gasteiger partial charge in [-0.2, -0.15) is 18.2 Å². The number of nitrogens with zero attached hydrogens (tertiary/aromatic N) is 5. The first-order valence-electron chi connectivity index (χ1n) is 6.32. The van der Waals surface area contributed by atoms with Gasteiger partial charge in [-0.3, -0.25) is 4.98 Å². The van der Waals surface area contributed by atoms with E-state index in [1.54, 1.807) is 4.57 Å². The Morgan fingerprint density at radius 1 is 1.14 bits per heavy atom. The molecule has 0 aliphatic heterocycles. The number of imidazole rings is 1. The van der Waals surface area contributed by atoms with Crippen LogP contribution in [-0.2, 0) is 12.7 Å². The fourth-order valence-electron chi connectivity index (χ4n) is 2.11. The summed E-state index contributed by atoms with van der Waals surface area (Å²) in [5.74, 6) is 0.468. The zero-order valence-corrected chi connectivity index (χ0v) is 12.0. The molecule has 5 nitrogen and oxygen atoms in total. The topological polar surface area (TPSA) is 56.5 Å². The van der Waals surface area contributed by atoms with Crippen LogP contribution in [0.25, 0.3) is 22.6 Å². The minimum Gasteiger partial charge on any atom is -0.309 e. The van der Waals surface area contributed by atoms with Gasteiger partial charge in [0.05, 0.1) is 6.20 Å². The lowest BCUT2D eigenvalue weighted by atomic mass is 10.2. The van der Waals surface area contributed by atoms with Crippen molar-refractivity contribution in [3.8, 4) is 11.4 Å². The largest absolute Gasteiger partial charge is 0.433 e. The Morgan fingerprint density at radius 2 is 1.91 bits per heavy atom. The third kappa shape index (κ3) is 2.50. The number of hydrogen-bond donors (Lipinski definition) is 0. The van der Waals surface area contributed by atoms with Crippen LogP contribution >= 0.6 is 11.6 Å². The van der Waals surface area contributed by atoms with E-state index in [2.05, 4.69) is 19.9 Å². The first kappa shape index (κ1) is 14.7. The number of pyridine rings is 1. The summed E-state index contributed by atoms with van der Waals surface area (Å²) in [5, 5.41) is 0.0826. The second kappa shape index (κ2) is 5.20. The van der Waals surface area contributed by atoms with Crippen LogP contribution in [0.15, 0.2) is 24.5 Å². The number of alkyl halides is 3. The lowest BCUT2D eigenvalue weighted by molar-refractivity contribution is -0.141. The first-order valence-corrected chi connectivity index (χ1v) is 6.70. The van der Waals surface area contributed by atoms with Crippen LogP contribution in [0.2, 0.25) is 5.28 Å². The number of aromatic nitrogens is 5. The SMILES string of the molecule is CCn1c(-c2ccc(C(F)(F)F)nc2)nc2cnc(Cl)nc21. The highest BCUT2D eigenvalue weighted by Gasteiger charge is 2.32. The summed E-state index contributed by atoms with van der Waals surface area (Å²) >= 11 is 5.77. The minimum absolute atomic E-state index is 0.0826. The van der Waals surface area contributed by atoms with Crippen LogP contribution in [0, 0.1) is 0 Å². The molecular weight excluding hydrogens is 319 g/mol. The Labute approximate surface area is 127 Å². The molecule has 0 aromatic carbocycles. The van der Waals surface area contributed by atoms with Gasteiger partial charge in [-0.25, -0.2) is 9.97 Å². The van der Waals surface area contributed by atoms with E-state index < -0.39 is 11.9 Å². The summed E-state index contributed by atoms with van der Waals surface area (Å²) < 4.78 is 39.4. The quantitative estimate of drug-likeness (QED) is 0.675. The van der Waals surface area contributed by atoms with Gasteiger partial charge in [-0.05, 0) is 30.7 Å². The maximum absolute atomic E-state index is 12.6. The Balaban J connectivity index is 2.13. The molecule has 9 heteroatoms. The molecule has 0 aliphatic carbocycles. The van der Waals surface area contributed by atoms with E-state index in [0.717, 1.165) is 12.3 Å². The van der Waals surface area contributed by atoms with Gasteiger partial charge in [0.2, 0.25) is 5.28 Å². The van der Waals surface area contributed by atoms with Crippen molar-refractivity contribution in [1.82, 2.24) is 24.5 Å². The lowest BCUT2D eigenvalue weighted by Gasteiger charge is -2.08. The van der Waals surface area contributed by atoms with Crippen molar-refractivity contribution < 1.29 is 13.2 Å². The maximum Gasteiger partial charge on any atom is 0.433 e. The van der Waals surface area contributed by atoms with Gasteiger partial charge < -0.3 is 4.57 Å². The van der Waals surface area contributed by atoms with E-state index in [1.807, 2.05) is 6.92 Å². The predicted molar refractivity (Wildman–Crippen MR) is 74.2 cm³/mol. The van der Waals surface area contributed by atoms with Gasteiger partial charge in [0.1, 0.15) is 17.0 Å². The molecule has 114 valence electrons. The second-order valence-electron chi connectivity index (χ2n) is 4.46. The maximum atomic E-state index is 12.6. The van der Waals surface area contributed by atoms with Crippen LogP contribution in [0.3, 0.4) is 0 Å². The molecule has 22 heavy (non-hydrogen) atoms. The van der Waals surface area contributed by atoms with Crippen LogP contribution in [0.5, 0.6) is 0 Å². The molecule has 3 rings (SSSR count). The van der Waals surface area contributed by atoms with Gasteiger partial charge >= 0.3 is 6.18 Å². The average molecular weight is 328 g/mol. The van der Waals surface area contributed by atoms with Crippen LogP contribution in [-0.4, -0.2) is 24.5 Å². The van der Waals surface area contributed by atoms with Crippen molar-refractivity contribution in [2.45, 2.75) is 19.6 Å². The first-order chi connectivity index (χ1) is 10.4. The zero-order chi connectivity index (χ0) is 15.9. The van der Waals surface area contributed by atoms with Gasteiger partial charge in [-0.15, -0.1) is 0 Å². The van der Waals surface area contributed by atoms with Crippen molar-refractivity contribution in [2.75, 3.05) is 0 Å². The van der Waals surface area contributed by atoms with Crippen LogP contribution in [0.1, 0.15) is 12.6 Å². The minimum atomic E-state index is -4.47. The van der Waals surface area contributed by atoms with E-state index in [0.29, 0.717) is 29.1 Å². The molecule has 0 bridgehead atoms. The highest BCUT2D eigenvalue weighted by atomic mass is 35.5. The standard InChI is InChI=1S/C13H9ClF3N5/c1-2-22-10(20-8-6-19-12(14)21-11(8)22)7-3-4-9(18-5-7)13(15,16)17/h3-6H,2H2,1H3. The molecule has 0 atom stereocenters. The van der Waals surface area contributed by atoms with E-state index in [9.17, 15) is 13.2 Å². The monoisotopic (exact) mass is 327 g/mol. The molecule has 0 unspecified atom stereocenters. The Bertz CT molecular complexity index is 826. The summed E-state index contributed by atoms with van der Waals surface area (Å²) in [6, 6.07) is 2.26. The zero-order valence-electron chi connectivity index (χ0n) is 11.3. The van der Waals surface area contributed by atoms with E-state index >= 15 is 0 Å². The second-order valence-corrected chi connectivity index (χ2v) is 4.80. The lowest BCUT2D eigenvalue weighted by Crippen LogP contribution is -2.07. The number of rotatable bonds is 2. The summed E-state index contributed by atoms with van der Waals surface area (Å²) in [7, 11) is 0. The summed E-state index contributed by atoms with van der Waals surface area (Å²) in [4.78, 5) is 15.7. The normalized spacial score (nSPS) is 12.0. The van der Waals surface area contributed by atoms with E-state index in [-0.39, 0.29) is 5.28 Å². The van der Waals surface area contributed by atoms with Crippen molar-refractivity contribution in [1.29, 1.82) is 0 Å². The molecule has 0 amide bonds. The fraction of sp³-hybridized carbons (Fsp3) is 0.231. The van der Waals surface area contributed by atoms with Gasteiger partial charge in [0, 0.05) is 18.3 Å². The summed E-state index contributed by atoms with van der Waals surface area (Å²) in [5.41, 5.74) is 0.556. The van der Waals surface area contributed by atoms with Crippen molar-refractivity contribution in [3.05, 3.63) is 35.5 Å². The van der Waals surface area contributed by atoms with Crippen LogP contribution < -0.4 is 0 Å². The van der Waals surface area contributed by atoms with Gasteiger partial charge in [0.25, 0.3) is 0 Å². The molecule has 0 saturated carbocycles. The van der Waals surface area contributed by atoms with E-state index in [1.165, 1.54) is 12.3 Å². The molecule has 0 fully saturated rings. The number of fused-ring (bicyclic) bond motifs is 1. The smallest absolute Gasteiger partial charge is 0.309 e.